The van der Waals surface area contributed by atoms with Crippen molar-refractivity contribution in [3.05, 3.63) is 52.4 Å². The van der Waals surface area contributed by atoms with Crippen molar-refractivity contribution in [1.82, 2.24) is 4.57 Å². The average molecular weight is 246 g/mol. The predicted octanol–water partition coefficient (Wildman–Crippen LogP) is 2.62. The molecule has 2 aromatic rings. The Morgan fingerprint density at radius 3 is 2.65 bits per heavy atom. The smallest absolute Gasteiger partial charge is 0.253 e. The minimum atomic E-state index is 0.0391. The molecule has 4 heteroatoms. The molecule has 0 saturated heterocycles. The van der Waals surface area contributed by atoms with E-state index in [9.17, 15) is 4.79 Å². The molecule has 3 nitrogen and oxygen atoms in total. The highest BCUT2D eigenvalue weighted by molar-refractivity contribution is 7.81. The first kappa shape index (κ1) is 11.8. The minimum Gasteiger partial charge on any atom is -0.332 e. The van der Waals surface area contributed by atoms with Crippen molar-refractivity contribution in [2.45, 2.75) is 6.92 Å². The van der Waals surface area contributed by atoms with Crippen LogP contribution in [-0.2, 0) is 7.05 Å². The number of aromatic nitrogens is 1. The molecule has 0 aliphatic carbocycles. The van der Waals surface area contributed by atoms with Crippen LogP contribution in [0.5, 0.6) is 0 Å². The molecule has 0 radical (unpaired) electrons. The Bertz CT molecular complexity index is 578. The highest BCUT2D eigenvalue weighted by atomic mass is 32.1. The van der Waals surface area contributed by atoms with E-state index in [-0.39, 0.29) is 5.56 Å². The molecule has 0 saturated carbocycles. The third-order valence-electron chi connectivity index (χ3n) is 2.69. The van der Waals surface area contributed by atoms with Crippen LogP contribution in [-0.4, -0.2) is 4.57 Å². The minimum absolute atomic E-state index is 0.0391. The summed E-state index contributed by atoms with van der Waals surface area (Å²) in [6, 6.07) is 9.79. The summed E-state index contributed by atoms with van der Waals surface area (Å²) in [4.78, 5) is 11.6. The number of anilines is 1. The highest BCUT2D eigenvalue weighted by Crippen LogP contribution is 2.22. The molecule has 17 heavy (non-hydrogen) atoms. The zero-order valence-electron chi connectivity index (χ0n) is 9.77. The molecule has 0 bridgehead atoms. The van der Waals surface area contributed by atoms with E-state index in [0.717, 1.165) is 22.4 Å². The van der Waals surface area contributed by atoms with Crippen LogP contribution in [0, 0.1) is 6.92 Å². The Labute approximate surface area is 106 Å². The van der Waals surface area contributed by atoms with Crippen molar-refractivity contribution in [2.75, 3.05) is 4.72 Å². The molecule has 0 unspecified atom stereocenters. The molecule has 0 amide bonds. The van der Waals surface area contributed by atoms with Gasteiger partial charge in [0, 0.05) is 24.5 Å². The number of thiol groups is 1. The van der Waals surface area contributed by atoms with Gasteiger partial charge in [0.15, 0.2) is 0 Å². The summed E-state index contributed by atoms with van der Waals surface area (Å²) in [5.41, 5.74) is 3.79. The summed E-state index contributed by atoms with van der Waals surface area (Å²) in [6.45, 7) is 1.83. The summed E-state index contributed by atoms with van der Waals surface area (Å²) in [5, 5.41) is 0. The number of benzene rings is 1. The van der Waals surface area contributed by atoms with E-state index in [1.54, 1.807) is 11.6 Å². The van der Waals surface area contributed by atoms with Crippen LogP contribution in [0.2, 0.25) is 0 Å². The number of aryl methyl sites for hydroxylation is 2. The Balaban J connectivity index is 2.56. The molecule has 1 aromatic heterocycles. The maximum Gasteiger partial charge on any atom is 0.253 e. The summed E-state index contributed by atoms with van der Waals surface area (Å²) in [5.74, 6) is 0. The SMILES string of the molecule is Cc1cc(-c2cccc(NS)c2)cn(C)c1=O. The normalized spacial score (nSPS) is 10.3. The predicted molar refractivity (Wildman–Crippen MR) is 74.5 cm³/mol. The van der Waals surface area contributed by atoms with Crippen molar-refractivity contribution in [2.24, 2.45) is 7.05 Å². The molecule has 0 aliphatic rings. The molecule has 0 spiro atoms. The maximum atomic E-state index is 11.6. The van der Waals surface area contributed by atoms with Crippen molar-refractivity contribution in [3.8, 4) is 11.1 Å². The molecule has 0 atom stereocenters. The summed E-state index contributed by atoms with van der Waals surface area (Å²) in [6.07, 6.45) is 1.84. The largest absolute Gasteiger partial charge is 0.332 e. The van der Waals surface area contributed by atoms with Crippen molar-refractivity contribution >= 4 is 18.5 Å². The van der Waals surface area contributed by atoms with Gasteiger partial charge < -0.3 is 9.29 Å². The Hall–Kier alpha value is -1.68. The van der Waals surface area contributed by atoms with Gasteiger partial charge in [-0.25, -0.2) is 0 Å². The lowest BCUT2D eigenvalue weighted by molar-refractivity contribution is 0.851. The maximum absolute atomic E-state index is 11.6. The van der Waals surface area contributed by atoms with Crippen LogP contribution < -0.4 is 10.3 Å². The highest BCUT2D eigenvalue weighted by Gasteiger charge is 2.03. The monoisotopic (exact) mass is 246 g/mol. The van der Waals surface area contributed by atoms with Gasteiger partial charge in [-0.3, -0.25) is 4.79 Å². The van der Waals surface area contributed by atoms with Crippen molar-refractivity contribution in [1.29, 1.82) is 0 Å². The number of nitrogens with one attached hydrogen (secondary N) is 1. The van der Waals surface area contributed by atoms with Crippen LogP contribution in [0.25, 0.3) is 11.1 Å². The third-order valence-corrected chi connectivity index (χ3v) is 2.95. The van der Waals surface area contributed by atoms with Gasteiger partial charge in [-0.05, 0) is 36.2 Å². The first-order chi connectivity index (χ1) is 8.11. The van der Waals surface area contributed by atoms with Gasteiger partial charge in [0.2, 0.25) is 0 Å². The van der Waals surface area contributed by atoms with E-state index in [2.05, 4.69) is 17.5 Å². The molecule has 0 aliphatic heterocycles. The van der Waals surface area contributed by atoms with Gasteiger partial charge in [-0.1, -0.05) is 24.9 Å². The van der Waals surface area contributed by atoms with Crippen LogP contribution in [0.3, 0.4) is 0 Å². The average Bonchev–Trinajstić information content (AvgIpc) is 2.35. The van der Waals surface area contributed by atoms with E-state index < -0.39 is 0 Å². The molecule has 88 valence electrons. The van der Waals surface area contributed by atoms with E-state index in [4.69, 9.17) is 0 Å². The standard InChI is InChI=1S/C13H14N2OS/c1-9-6-11(8-15(2)13(9)16)10-4-3-5-12(7-10)14-17/h3-8,14,17H,1-2H3. The van der Waals surface area contributed by atoms with Crippen LogP contribution >= 0.6 is 12.8 Å². The van der Waals surface area contributed by atoms with Gasteiger partial charge in [-0.15, -0.1) is 0 Å². The second-order valence-corrected chi connectivity index (χ2v) is 4.24. The fourth-order valence-electron chi connectivity index (χ4n) is 1.80. The lowest BCUT2D eigenvalue weighted by atomic mass is 10.1. The Morgan fingerprint density at radius 1 is 1.24 bits per heavy atom. The summed E-state index contributed by atoms with van der Waals surface area (Å²) < 4.78 is 4.41. The van der Waals surface area contributed by atoms with Crippen molar-refractivity contribution in [3.63, 3.8) is 0 Å². The summed E-state index contributed by atoms with van der Waals surface area (Å²) >= 11 is 4.02. The molecule has 1 aromatic carbocycles. The first-order valence-electron chi connectivity index (χ1n) is 5.29. The quantitative estimate of drug-likeness (QED) is 0.799. The fourth-order valence-corrected chi connectivity index (χ4v) is 1.94. The van der Waals surface area contributed by atoms with Crippen LogP contribution in [0.4, 0.5) is 5.69 Å². The van der Waals surface area contributed by atoms with E-state index in [1.807, 2.05) is 43.5 Å². The molecule has 1 N–H and O–H groups in total. The zero-order chi connectivity index (χ0) is 12.4. The first-order valence-corrected chi connectivity index (χ1v) is 5.74. The van der Waals surface area contributed by atoms with Gasteiger partial charge >= 0.3 is 0 Å². The van der Waals surface area contributed by atoms with Crippen molar-refractivity contribution < 1.29 is 0 Å². The summed E-state index contributed by atoms with van der Waals surface area (Å²) in [7, 11) is 1.76. The van der Waals surface area contributed by atoms with Gasteiger partial charge in [0.1, 0.15) is 0 Å². The van der Waals surface area contributed by atoms with Gasteiger partial charge in [-0.2, -0.15) is 0 Å². The topological polar surface area (TPSA) is 34.0 Å². The van der Waals surface area contributed by atoms with Crippen LogP contribution in [0.1, 0.15) is 5.56 Å². The molecule has 1 heterocycles. The van der Waals surface area contributed by atoms with Crippen LogP contribution in [0.15, 0.2) is 41.3 Å². The van der Waals surface area contributed by atoms with E-state index in [0.29, 0.717) is 0 Å². The third kappa shape index (κ3) is 2.36. The van der Waals surface area contributed by atoms with E-state index in [1.165, 1.54) is 0 Å². The molecular weight excluding hydrogens is 232 g/mol. The van der Waals surface area contributed by atoms with Gasteiger partial charge in [0.05, 0.1) is 0 Å². The Morgan fingerprint density at radius 2 is 2.00 bits per heavy atom. The van der Waals surface area contributed by atoms with E-state index >= 15 is 0 Å². The van der Waals surface area contributed by atoms with Gasteiger partial charge in [0.25, 0.3) is 5.56 Å². The second-order valence-electron chi connectivity index (χ2n) is 4.02. The molecular formula is C13H14N2OS. The fraction of sp³-hybridized carbons (Fsp3) is 0.154. The number of hydrogen-bond donors (Lipinski definition) is 2. The zero-order valence-corrected chi connectivity index (χ0v) is 10.7. The lowest BCUT2D eigenvalue weighted by Gasteiger charge is -2.07. The lowest BCUT2D eigenvalue weighted by Crippen LogP contribution is -2.18. The number of hydrogen-bond acceptors (Lipinski definition) is 3. The Kier molecular flexibility index (Phi) is 3.24. The second kappa shape index (κ2) is 4.67. The molecule has 2 rings (SSSR count). The number of rotatable bonds is 2. The molecule has 0 fully saturated rings. The number of nitrogens with zero attached hydrogens (tertiary/aromatic N) is 1. The number of pyridine rings is 1.